The summed E-state index contributed by atoms with van der Waals surface area (Å²) in [5.74, 6) is 0. The lowest BCUT2D eigenvalue weighted by Crippen LogP contribution is -2.19. The Bertz CT molecular complexity index is 554. The number of hydrogen-bond acceptors (Lipinski definition) is 2. The molecule has 0 amide bonds. The number of nitrogen functional groups attached to an aromatic ring is 1. The highest BCUT2D eigenvalue weighted by Crippen LogP contribution is 2.14. The van der Waals surface area contributed by atoms with Crippen molar-refractivity contribution in [3.05, 3.63) is 64.7 Å². The molecule has 0 aliphatic heterocycles. The molecule has 0 radical (unpaired) electrons. The van der Waals surface area contributed by atoms with Gasteiger partial charge >= 0.3 is 0 Å². The van der Waals surface area contributed by atoms with Gasteiger partial charge in [-0.1, -0.05) is 41.9 Å². The van der Waals surface area contributed by atoms with Crippen LogP contribution in [-0.4, -0.2) is 18.5 Å². The minimum absolute atomic E-state index is 0.799. The Labute approximate surface area is 126 Å². The van der Waals surface area contributed by atoms with E-state index in [4.69, 9.17) is 17.3 Å². The summed E-state index contributed by atoms with van der Waals surface area (Å²) in [6, 6.07) is 16.1. The summed E-state index contributed by atoms with van der Waals surface area (Å²) < 4.78 is 0. The molecular weight excluding hydrogens is 268 g/mol. The quantitative estimate of drug-likeness (QED) is 0.815. The van der Waals surface area contributed by atoms with E-state index in [9.17, 15) is 0 Å². The van der Waals surface area contributed by atoms with Crippen LogP contribution in [-0.2, 0) is 13.0 Å². The molecule has 2 nitrogen and oxygen atoms in total. The van der Waals surface area contributed by atoms with E-state index >= 15 is 0 Å². The van der Waals surface area contributed by atoms with E-state index in [0.29, 0.717) is 0 Å². The standard InChI is InChI=1S/C17H21ClN2/c1-20(13-14-6-4-9-16(18)12-14)11-5-8-15-7-2-3-10-17(15)19/h2-4,6-7,9-10,12H,5,8,11,13,19H2,1H3. The molecule has 0 aliphatic rings. The predicted molar refractivity (Wildman–Crippen MR) is 87.0 cm³/mol. The Morgan fingerprint density at radius 3 is 2.65 bits per heavy atom. The molecule has 0 saturated heterocycles. The lowest BCUT2D eigenvalue weighted by Gasteiger charge is -2.17. The molecule has 0 aromatic heterocycles. The largest absolute Gasteiger partial charge is 0.399 e. The molecular formula is C17H21ClN2. The van der Waals surface area contributed by atoms with Gasteiger partial charge in [0, 0.05) is 17.3 Å². The van der Waals surface area contributed by atoms with Crippen molar-refractivity contribution >= 4 is 17.3 Å². The summed E-state index contributed by atoms with van der Waals surface area (Å²) in [4.78, 5) is 2.31. The third-order valence-corrected chi connectivity index (χ3v) is 3.62. The minimum atomic E-state index is 0.799. The first-order chi connectivity index (χ1) is 9.65. The van der Waals surface area contributed by atoms with E-state index in [1.807, 2.05) is 36.4 Å². The fourth-order valence-electron chi connectivity index (χ4n) is 2.33. The summed E-state index contributed by atoms with van der Waals surface area (Å²) in [5, 5.41) is 0.799. The van der Waals surface area contributed by atoms with Gasteiger partial charge in [0.2, 0.25) is 0 Å². The molecule has 106 valence electrons. The van der Waals surface area contributed by atoms with Gasteiger partial charge < -0.3 is 10.6 Å². The van der Waals surface area contributed by atoms with Crippen LogP contribution >= 0.6 is 11.6 Å². The highest BCUT2D eigenvalue weighted by molar-refractivity contribution is 6.30. The normalized spacial score (nSPS) is 10.9. The number of hydrogen-bond donors (Lipinski definition) is 1. The minimum Gasteiger partial charge on any atom is -0.399 e. The molecule has 3 heteroatoms. The Balaban J connectivity index is 1.78. The third kappa shape index (κ3) is 4.55. The van der Waals surface area contributed by atoms with Crippen molar-refractivity contribution in [1.82, 2.24) is 4.90 Å². The van der Waals surface area contributed by atoms with Gasteiger partial charge in [-0.25, -0.2) is 0 Å². The van der Waals surface area contributed by atoms with Gasteiger partial charge in [0.1, 0.15) is 0 Å². The van der Waals surface area contributed by atoms with Gasteiger partial charge in [0.05, 0.1) is 0 Å². The molecule has 2 aromatic carbocycles. The molecule has 0 unspecified atom stereocenters. The van der Waals surface area contributed by atoms with Crippen molar-refractivity contribution in [1.29, 1.82) is 0 Å². The molecule has 2 N–H and O–H groups in total. The zero-order valence-corrected chi connectivity index (χ0v) is 12.6. The Morgan fingerprint density at radius 2 is 1.90 bits per heavy atom. The Kier molecular flexibility index (Phi) is 5.45. The summed E-state index contributed by atoms with van der Waals surface area (Å²) >= 11 is 6.00. The first kappa shape index (κ1) is 14.9. The van der Waals surface area contributed by atoms with Gasteiger partial charge in [-0.15, -0.1) is 0 Å². The SMILES string of the molecule is CN(CCCc1ccccc1N)Cc1cccc(Cl)c1. The molecule has 2 rings (SSSR count). The topological polar surface area (TPSA) is 29.3 Å². The van der Waals surface area contributed by atoms with E-state index < -0.39 is 0 Å². The fourth-order valence-corrected chi connectivity index (χ4v) is 2.54. The number of nitrogens with two attached hydrogens (primary N) is 1. The molecule has 0 atom stereocenters. The molecule has 0 fully saturated rings. The van der Waals surface area contributed by atoms with Gasteiger partial charge in [0.25, 0.3) is 0 Å². The van der Waals surface area contributed by atoms with Gasteiger partial charge in [0.15, 0.2) is 0 Å². The number of nitrogens with zero attached hydrogens (tertiary/aromatic N) is 1. The zero-order valence-electron chi connectivity index (χ0n) is 11.8. The fraction of sp³-hybridized carbons (Fsp3) is 0.294. The summed E-state index contributed by atoms with van der Waals surface area (Å²) in [5.41, 5.74) is 9.33. The monoisotopic (exact) mass is 288 g/mol. The molecule has 0 saturated carbocycles. The number of rotatable bonds is 6. The predicted octanol–water partition coefficient (Wildman–Crippen LogP) is 3.99. The summed E-state index contributed by atoms with van der Waals surface area (Å²) in [6.45, 7) is 1.96. The van der Waals surface area contributed by atoms with Crippen LogP contribution in [0.2, 0.25) is 5.02 Å². The number of halogens is 1. The van der Waals surface area contributed by atoms with Crippen LogP contribution in [0.25, 0.3) is 0 Å². The van der Waals surface area contributed by atoms with Crippen LogP contribution < -0.4 is 5.73 Å². The number of benzene rings is 2. The second kappa shape index (κ2) is 7.32. The van der Waals surface area contributed by atoms with Crippen LogP contribution in [0.1, 0.15) is 17.5 Å². The van der Waals surface area contributed by atoms with Crippen molar-refractivity contribution in [3.63, 3.8) is 0 Å². The van der Waals surface area contributed by atoms with Gasteiger partial charge in [-0.05, 0) is 55.8 Å². The number of para-hydroxylation sites is 1. The highest BCUT2D eigenvalue weighted by atomic mass is 35.5. The van der Waals surface area contributed by atoms with Crippen LogP contribution in [0.5, 0.6) is 0 Å². The second-order valence-corrected chi connectivity index (χ2v) is 5.61. The summed E-state index contributed by atoms with van der Waals surface area (Å²) in [7, 11) is 2.13. The van der Waals surface area contributed by atoms with Crippen molar-refractivity contribution < 1.29 is 0 Å². The van der Waals surface area contributed by atoms with Crippen molar-refractivity contribution in [2.45, 2.75) is 19.4 Å². The van der Waals surface area contributed by atoms with Gasteiger partial charge in [-0.2, -0.15) is 0 Å². The van der Waals surface area contributed by atoms with Crippen LogP contribution in [0, 0.1) is 0 Å². The summed E-state index contributed by atoms with van der Waals surface area (Å²) in [6.07, 6.45) is 2.12. The van der Waals surface area contributed by atoms with Crippen molar-refractivity contribution in [2.24, 2.45) is 0 Å². The molecule has 0 spiro atoms. The highest BCUT2D eigenvalue weighted by Gasteiger charge is 2.03. The first-order valence-electron chi connectivity index (χ1n) is 6.91. The molecule has 20 heavy (non-hydrogen) atoms. The average molecular weight is 289 g/mol. The van der Waals surface area contributed by atoms with E-state index in [1.165, 1.54) is 11.1 Å². The van der Waals surface area contributed by atoms with Crippen LogP contribution in [0.3, 0.4) is 0 Å². The molecule has 0 bridgehead atoms. The van der Waals surface area contributed by atoms with E-state index in [1.54, 1.807) is 0 Å². The van der Waals surface area contributed by atoms with Crippen molar-refractivity contribution in [2.75, 3.05) is 19.3 Å². The first-order valence-corrected chi connectivity index (χ1v) is 7.29. The van der Waals surface area contributed by atoms with Crippen LogP contribution in [0.4, 0.5) is 5.69 Å². The smallest absolute Gasteiger partial charge is 0.0409 e. The number of anilines is 1. The van der Waals surface area contributed by atoms with Crippen LogP contribution in [0.15, 0.2) is 48.5 Å². The average Bonchev–Trinajstić information content (AvgIpc) is 2.41. The lowest BCUT2D eigenvalue weighted by atomic mass is 10.1. The second-order valence-electron chi connectivity index (χ2n) is 5.17. The molecule has 0 heterocycles. The van der Waals surface area contributed by atoms with E-state index in [2.05, 4.69) is 24.1 Å². The molecule has 0 aliphatic carbocycles. The maximum Gasteiger partial charge on any atom is 0.0409 e. The Morgan fingerprint density at radius 1 is 1.10 bits per heavy atom. The van der Waals surface area contributed by atoms with Crippen molar-refractivity contribution in [3.8, 4) is 0 Å². The Hall–Kier alpha value is -1.51. The number of aryl methyl sites for hydroxylation is 1. The maximum atomic E-state index is 6.00. The van der Waals surface area contributed by atoms with E-state index in [-0.39, 0.29) is 0 Å². The molecule has 2 aromatic rings. The third-order valence-electron chi connectivity index (χ3n) is 3.38. The maximum absolute atomic E-state index is 6.00. The zero-order chi connectivity index (χ0) is 14.4. The van der Waals surface area contributed by atoms with E-state index in [0.717, 1.165) is 36.6 Å². The van der Waals surface area contributed by atoms with Gasteiger partial charge in [-0.3, -0.25) is 0 Å². The lowest BCUT2D eigenvalue weighted by molar-refractivity contribution is 0.322.